The standard InChI is InChI=1S/C18H27N6O4P/c25-23(26)16-7-8-17(18(15-16)24(27)28)19-29(20-9-1-2-10-20,21-11-3-4-12-21)22-13-5-6-14-22/h7-8,15H,1-6,9-14H2. The van der Waals surface area contributed by atoms with Gasteiger partial charge in [0.25, 0.3) is 5.69 Å². The van der Waals surface area contributed by atoms with Gasteiger partial charge in [0.05, 0.1) is 15.9 Å². The highest BCUT2D eigenvalue weighted by molar-refractivity contribution is 7.59. The predicted octanol–water partition coefficient (Wildman–Crippen LogP) is 4.37. The van der Waals surface area contributed by atoms with Gasteiger partial charge in [-0.15, -0.1) is 0 Å². The summed E-state index contributed by atoms with van der Waals surface area (Å²) in [5.41, 5.74) is -0.288. The van der Waals surface area contributed by atoms with Gasteiger partial charge in [0.15, 0.2) is 7.51 Å². The Labute approximate surface area is 170 Å². The van der Waals surface area contributed by atoms with Gasteiger partial charge in [-0.2, -0.15) is 0 Å². The van der Waals surface area contributed by atoms with Gasteiger partial charge in [-0.1, -0.05) is 0 Å². The SMILES string of the molecule is O=[N+]([O-])c1ccc(N=P(N2CCCC2)(N2CCCC2)N2CCCC2)c([N+](=O)[O-])c1. The van der Waals surface area contributed by atoms with Gasteiger partial charge in [0.1, 0.15) is 5.69 Å². The molecule has 3 fully saturated rings. The fourth-order valence-corrected chi connectivity index (χ4v) is 9.00. The van der Waals surface area contributed by atoms with Gasteiger partial charge >= 0.3 is 5.69 Å². The normalized spacial score (nSPS) is 21.7. The van der Waals surface area contributed by atoms with E-state index in [1.165, 1.54) is 12.1 Å². The van der Waals surface area contributed by atoms with E-state index in [1.54, 1.807) is 0 Å². The van der Waals surface area contributed by atoms with Crippen LogP contribution in [0.25, 0.3) is 0 Å². The van der Waals surface area contributed by atoms with E-state index in [1.807, 2.05) is 0 Å². The van der Waals surface area contributed by atoms with Crippen molar-refractivity contribution in [3.05, 3.63) is 38.4 Å². The van der Waals surface area contributed by atoms with E-state index in [0.717, 1.165) is 83.9 Å². The Morgan fingerprint density at radius 3 is 1.59 bits per heavy atom. The van der Waals surface area contributed by atoms with E-state index in [4.69, 9.17) is 4.74 Å². The number of hydrogen-bond donors (Lipinski definition) is 0. The zero-order chi connectivity index (χ0) is 20.4. The van der Waals surface area contributed by atoms with Crippen LogP contribution < -0.4 is 0 Å². The first-order valence-corrected chi connectivity index (χ1v) is 11.9. The van der Waals surface area contributed by atoms with Crippen LogP contribution in [0.5, 0.6) is 0 Å². The molecule has 0 atom stereocenters. The topological polar surface area (TPSA) is 108 Å². The minimum atomic E-state index is -2.32. The average molecular weight is 422 g/mol. The number of benzene rings is 1. The van der Waals surface area contributed by atoms with Crippen molar-refractivity contribution in [2.24, 2.45) is 4.74 Å². The Kier molecular flexibility index (Phi) is 5.96. The third kappa shape index (κ3) is 3.82. The smallest absolute Gasteiger partial charge is 0.258 e. The molecule has 158 valence electrons. The van der Waals surface area contributed by atoms with Crippen molar-refractivity contribution >= 4 is 24.6 Å². The first-order chi connectivity index (χ1) is 14.0. The largest absolute Gasteiger partial charge is 0.301 e. The van der Waals surface area contributed by atoms with Crippen molar-refractivity contribution in [1.29, 1.82) is 0 Å². The van der Waals surface area contributed by atoms with Gasteiger partial charge in [0, 0.05) is 45.3 Å². The molecule has 0 radical (unpaired) electrons. The van der Waals surface area contributed by atoms with Crippen molar-refractivity contribution in [2.75, 3.05) is 39.3 Å². The lowest BCUT2D eigenvalue weighted by atomic mass is 10.2. The first kappa shape index (κ1) is 20.4. The highest BCUT2D eigenvalue weighted by Crippen LogP contribution is 2.64. The highest BCUT2D eigenvalue weighted by Gasteiger charge is 2.44. The molecule has 0 amide bonds. The second-order valence-corrected chi connectivity index (χ2v) is 10.8. The highest BCUT2D eigenvalue weighted by atomic mass is 31.2. The molecule has 3 heterocycles. The molecule has 29 heavy (non-hydrogen) atoms. The zero-order valence-corrected chi connectivity index (χ0v) is 17.4. The van der Waals surface area contributed by atoms with Crippen LogP contribution in [0.15, 0.2) is 22.9 Å². The van der Waals surface area contributed by atoms with Crippen LogP contribution in [0.3, 0.4) is 0 Å². The molecule has 4 rings (SSSR count). The molecule has 0 aliphatic carbocycles. The monoisotopic (exact) mass is 422 g/mol. The lowest BCUT2D eigenvalue weighted by Crippen LogP contribution is -2.38. The lowest BCUT2D eigenvalue weighted by molar-refractivity contribution is -0.393. The summed E-state index contributed by atoms with van der Waals surface area (Å²) in [6, 6.07) is 3.84. The predicted molar refractivity (Wildman–Crippen MR) is 111 cm³/mol. The maximum atomic E-state index is 11.7. The van der Waals surface area contributed by atoms with Crippen LogP contribution in [-0.2, 0) is 0 Å². The number of hydrogen-bond acceptors (Lipinski definition) is 5. The second-order valence-electron chi connectivity index (χ2n) is 7.81. The molecule has 10 nitrogen and oxygen atoms in total. The van der Waals surface area contributed by atoms with Crippen LogP contribution in [0.1, 0.15) is 38.5 Å². The molecule has 0 N–H and O–H groups in total. The number of rotatable bonds is 6. The van der Waals surface area contributed by atoms with Gasteiger partial charge in [-0.05, 0) is 44.6 Å². The molecule has 3 aliphatic heterocycles. The summed E-state index contributed by atoms with van der Waals surface area (Å²) >= 11 is 0. The Hall–Kier alpha value is -1.87. The third-order valence-corrected chi connectivity index (χ3v) is 9.95. The number of non-ortho nitro benzene ring substituents is 1. The number of nitro benzene ring substituents is 2. The van der Waals surface area contributed by atoms with E-state index < -0.39 is 17.4 Å². The van der Waals surface area contributed by atoms with E-state index in [2.05, 4.69) is 14.0 Å². The van der Waals surface area contributed by atoms with Crippen molar-refractivity contribution < 1.29 is 9.85 Å². The molecular weight excluding hydrogens is 395 g/mol. The second kappa shape index (κ2) is 8.47. The number of nitro groups is 2. The molecule has 0 bridgehead atoms. The Bertz CT molecular complexity index is 797. The van der Waals surface area contributed by atoms with E-state index in [9.17, 15) is 20.2 Å². The summed E-state index contributed by atoms with van der Waals surface area (Å²) in [7, 11) is -2.32. The Morgan fingerprint density at radius 2 is 1.21 bits per heavy atom. The van der Waals surface area contributed by atoms with E-state index in [-0.39, 0.29) is 17.1 Å². The minimum absolute atomic E-state index is 0.264. The zero-order valence-electron chi connectivity index (χ0n) is 16.5. The van der Waals surface area contributed by atoms with Crippen LogP contribution >= 0.6 is 7.51 Å². The first-order valence-electron chi connectivity index (χ1n) is 10.3. The fraction of sp³-hybridized carbons (Fsp3) is 0.667. The van der Waals surface area contributed by atoms with Crippen LogP contribution in [0.4, 0.5) is 17.1 Å². The van der Waals surface area contributed by atoms with Crippen LogP contribution in [-0.4, -0.2) is 63.1 Å². The maximum Gasteiger partial charge on any atom is 0.301 e. The molecule has 1 aromatic carbocycles. The number of nitrogens with zero attached hydrogens (tertiary/aromatic N) is 6. The van der Waals surface area contributed by atoms with Gasteiger partial charge in [-0.25, -0.2) is 18.8 Å². The fourth-order valence-electron chi connectivity index (χ4n) is 4.63. The molecule has 0 unspecified atom stereocenters. The molecule has 0 saturated carbocycles. The summed E-state index contributed by atoms with van der Waals surface area (Å²) in [5, 5.41) is 22.9. The molecule has 3 aliphatic rings. The van der Waals surface area contributed by atoms with Crippen molar-refractivity contribution in [1.82, 2.24) is 14.0 Å². The lowest BCUT2D eigenvalue weighted by Gasteiger charge is -2.45. The van der Waals surface area contributed by atoms with Crippen molar-refractivity contribution in [3.63, 3.8) is 0 Å². The summed E-state index contributed by atoms with van der Waals surface area (Å²) < 4.78 is 12.6. The molecule has 3 saturated heterocycles. The summed E-state index contributed by atoms with van der Waals surface area (Å²) in [4.78, 5) is 21.7. The Balaban J connectivity index is 1.91. The van der Waals surface area contributed by atoms with Gasteiger partial charge < -0.3 is 0 Å². The quantitative estimate of drug-likeness (QED) is 0.380. The third-order valence-electron chi connectivity index (χ3n) is 5.99. The van der Waals surface area contributed by atoms with E-state index >= 15 is 0 Å². The molecule has 0 aromatic heterocycles. The van der Waals surface area contributed by atoms with Gasteiger partial charge in [0.2, 0.25) is 0 Å². The van der Waals surface area contributed by atoms with Gasteiger partial charge in [-0.3, -0.25) is 20.2 Å². The minimum Gasteiger partial charge on any atom is -0.258 e. The van der Waals surface area contributed by atoms with E-state index in [0.29, 0.717) is 0 Å². The summed E-state index contributed by atoms with van der Waals surface area (Å²) in [5.74, 6) is 0. The molecule has 1 aromatic rings. The van der Waals surface area contributed by atoms with Crippen molar-refractivity contribution in [2.45, 2.75) is 38.5 Å². The summed E-state index contributed by atoms with van der Waals surface area (Å²) in [6.07, 6.45) is 6.67. The van der Waals surface area contributed by atoms with Crippen LogP contribution in [0, 0.1) is 20.2 Å². The molecule has 0 spiro atoms. The van der Waals surface area contributed by atoms with Crippen LogP contribution in [0.2, 0.25) is 0 Å². The Morgan fingerprint density at radius 1 is 0.759 bits per heavy atom. The average Bonchev–Trinajstić information content (AvgIpc) is 3.49. The molecule has 11 heteroatoms. The summed E-state index contributed by atoms with van der Waals surface area (Å²) in [6.45, 7) is 5.70. The van der Waals surface area contributed by atoms with Crippen molar-refractivity contribution in [3.8, 4) is 0 Å². The molecular formula is C18H27N6O4P. The maximum absolute atomic E-state index is 11.7.